The summed E-state index contributed by atoms with van der Waals surface area (Å²) in [5.74, 6) is 2.14. The van der Waals surface area contributed by atoms with Crippen LogP contribution in [-0.2, 0) is 22.4 Å². The van der Waals surface area contributed by atoms with Crippen molar-refractivity contribution in [3.63, 3.8) is 0 Å². The number of Topliss-reactive ketones (excluding diaryl/α,β-unsaturated/α-hetero) is 1. The van der Waals surface area contributed by atoms with Crippen molar-refractivity contribution >= 4 is 28.5 Å². The first-order chi connectivity index (χ1) is 24.2. The number of aliphatic hydroxyl groups is 4. The van der Waals surface area contributed by atoms with Gasteiger partial charge in [-0.3, -0.25) is 9.59 Å². The third-order valence-electron chi connectivity index (χ3n) is 10.9. The molecule has 5 N–H and O–H groups in total. The molecule has 0 radical (unpaired) electrons. The molecule has 6 bridgehead atoms. The number of phenolic OH excluding ortho intramolecular Hbond substituents is 1. The van der Waals surface area contributed by atoms with Gasteiger partial charge in [-0.1, -0.05) is 36.6 Å². The second kappa shape index (κ2) is 12.3. The molecule has 50 heavy (non-hydrogen) atoms. The van der Waals surface area contributed by atoms with Gasteiger partial charge in [-0.15, -0.1) is 0 Å². The second-order valence-electron chi connectivity index (χ2n) is 13.6. The van der Waals surface area contributed by atoms with Crippen LogP contribution in [0.25, 0.3) is 16.8 Å². The first-order valence-electron chi connectivity index (χ1n) is 16.8. The number of rotatable bonds is 3. The molecule has 2 fully saturated rings. The fourth-order valence-corrected chi connectivity index (χ4v) is 8.39. The molecule has 1 amide bonds. The van der Waals surface area contributed by atoms with Crippen molar-refractivity contribution in [1.82, 2.24) is 4.90 Å². The zero-order valence-electron chi connectivity index (χ0n) is 27.3. The monoisotopic (exact) mass is 683 g/mol. The first kappa shape index (κ1) is 32.6. The summed E-state index contributed by atoms with van der Waals surface area (Å²) < 4.78 is 23.5. The van der Waals surface area contributed by atoms with E-state index >= 15 is 0 Å². The van der Waals surface area contributed by atoms with Crippen LogP contribution < -0.4 is 9.47 Å². The van der Waals surface area contributed by atoms with Gasteiger partial charge < -0.3 is 49.4 Å². The number of phenols is 1. The zero-order chi connectivity index (χ0) is 34.9. The predicted octanol–water partition coefficient (Wildman–Crippen LogP) is 2.39. The lowest BCUT2D eigenvalue weighted by Gasteiger charge is -2.47. The highest BCUT2D eigenvalue weighted by atomic mass is 16.7. The standard InChI is InChI=1S/C38H37NO11/c1-47-21-13-25-23-11-10-20-6-2-8-22(20)30(23)32-27(42)16-39-15-26-19(5-3-9-24(26)36(39)45)7-4-12-48-35-33(43)29(17-40)50-37(38(35,46)18-41)49-28(14-21)31(25)34(32)44/h3,5,9-11,13-14,20,22,29,33,35,37,40-41,43-44,46H,2,6-8,15-18H2,1H3/t20-,22+,29-,33-,35+,37+,38-/m1/s1. The first-order valence-corrected chi connectivity index (χ1v) is 16.8. The highest BCUT2D eigenvalue weighted by Gasteiger charge is 2.58. The third kappa shape index (κ3) is 4.87. The average molecular weight is 684 g/mol. The van der Waals surface area contributed by atoms with E-state index in [2.05, 4.69) is 18.1 Å². The predicted molar refractivity (Wildman–Crippen MR) is 178 cm³/mol. The Kier molecular flexibility index (Phi) is 8.01. The number of hydrogen-bond donors (Lipinski definition) is 5. The Morgan fingerprint density at radius 1 is 1.14 bits per heavy atom. The van der Waals surface area contributed by atoms with Gasteiger partial charge in [0.25, 0.3) is 5.91 Å². The highest BCUT2D eigenvalue weighted by molar-refractivity contribution is 6.13. The van der Waals surface area contributed by atoms with E-state index in [4.69, 9.17) is 18.9 Å². The molecular formula is C38H37NO11. The largest absolute Gasteiger partial charge is 0.506 e. The highest BCUT2D eigenvalue weighted by Crippen LogP contribution is 2.53. The molecule has 5 aliphatic rings. The molecule has 0 unspecified atom stereocenters. The van der Waals surface area contributed by atoms with E-state index in [0.29, 0.717) is 33.4 Å². The van der Waals surface area contributed by atoms with Gasteiger partial charge in [-0.2, -0.15) is 0 Å². The van der Waals surface area contributed by atoms with Crippen LogP contribution in [0.2, 0.25) is 0 Å². The number of aliphatic hydroxyl groups excluding tert-OH is 3. The molecule has 3 aromatic carbocycles. The third-order valence-corrected chi connectivity index (χ3v) is 10.9. The Hall–Kier alpha value is -4.64. The molecule has 3 aliphatic heterocycles. The Morgan fingerprint density at radius 2 is 1.98 bits per heavy atom. The number of ether oxygens (including phenoxy) is 4. The van der Waals surface area contributed by atoms with Crippen LogP contribution in [0.1, 0.15) is 68.2 Å². The van der Waals surface area contributed by atoms with Crippen LogP contribution in [0.3, 0.4) is 0 Å². The fourth-order valence-electron chi connectivity index (χ4n) is 8.39. The summed E-state index contributed by atoms with van der Waals surface area (Å²) >= 11 is 0. The van der Waals surface area contributed by atoms with E-state index in [9.17, 15) is 35.1 Å². The van der Waals surface area contributed by atoms with E-state index in [1.54, 1.807) is 18.2 Å². The summed E-state index contributed by atoms with van der Waals surface area (Å²) in [6.07, 6.45) is 3.06. The quantitative estimate of drug-likeness (QED) is 0.257. The van der Waals surface area contributed by atoms with Gasteiger partial charge >= 0.3 is 0 Å². The van der Waals surface area contributed by atoms with Gasteiger partial charge in [-0.25, -0.2) is 0 Å². The van der Waals surface area contributed by atoms with Crippen LogP contribution in [0.5, 0.6) is 17.2 Å². The number of methoxy groups -OCH3 is 1. The van der Waals surface area contributed by atoms with Gasteiger partial charge in [-0.05, 0) is 59.1 Å². The molecule has 12 nitrogen and oxygen atoms in total. The molecule has 8 rings (SSSR count). The van der Waals surface area contributed by atoms with E-state index in [1.165, 1.54) is 18.1 Å². The number of carbonyl (C=O) groups is 2. The van der Waals surface area contributed by atoms with Crippen molar-refractivity contribution in [3.05, 3.63) is 69.8 Å². The van der Waals surface area contributed by atoms with Crippen molar-refractivity contribution in [2.24, 2.45) is 5.92 Å². The molecule has 3 heterocycles. The van der Waals surface area contributed by atoms with Crippen LogP contribution in [0.15, 0.2) is 36.4 Å². The molecular weight excluding hydrogens is 646 g/mol. The SMILES string of the molecule is COc1cc2c3c(O)c(c4c(c3c1)C=C[C@H]1CCC[C@H]41)C(=O)CN1Cc3c(cccc3C1=O)CC#CO[C@H]1[C@H](O)[C@@H](CO)O[C@H](O2)[C@@]1(O)CO. The molecule has 260 valence electrons. The number of fused-ring (bicyclic) bond motifs is 9. The van der Waals surface area contributed by atoms with Crippen LogP contribution >= 0.6 is 0 Å². The summed E-state index contributed by atoms with van der Waals surface area (Å²) in [5, 5.41) is 56.6. The summed E-state index contributed by atoms with van der Waals surface area (Å²) in [6, 6.07) is 8.43. The normalized spacial score (nSPS) is 29.7. The molecule has 1 saturated heterocycles. The van der Waals surface area contributed by atoms with Crippen molar-refractivity contribution in [1.29, 1.82) is 0 Å². The minimum atomic E-state index is -2.43. The molecule has 0 spiro atoms. The van der Waals surface area contributed by atoms with E-state index < -0.39 is 49.2 Å². The molecule has 2 aliphatic carbocycles. The Labute approximate surface area is 287 Å². The number of ketones is 1. The van der Waals surface area contributed by atoms with Gasteiger partial charge in [0.15, 0.2) is 17.5 Å². The zero-order valence-corrected chi connectivity index (χ0v) is 27.3. The van der Waals surface area contributed by atoms with Crippen molar-refractivity contribution in [2.45, 2.75) is 68.3 Å². The van der Waals surface area contributed by atoms with E-state index in [0.717, 1.165) is 24.8 Å². The number of allylic oxidation sites excluding steroid dienone is 1. The van der Waals surface area contributed by atoms with Crippen LogP contribution in [0.4, 0.5) is 0 Å². The van der Waals surface area contributed by atoms with Crippen LogP contribution in [0, 0.1) is 17.9 Å². The summed E-state index contributed by atoms with van der Waals surface area (Å²) in [7, 11) is 1.46. The van der Waals surface area contributed by atoms with Gasteiger partial charge in [0.1, 0.15) is 35.6 Å². The summed E-state index contributed by atoms with van der Waals surface area (Å²) in [5.41, 5.74) is 0.952. The number of amides is 1. The molecule has 7 atom stereocenters. The van der Waals surface area contributed by atoms with Gasteiger partial charge in [0.2, 0.25) is 6.29 Å². The lowest BCUT2D eigenvalue weighted by molar-refractivity contribution is -0.326. The Balaban J connectivity index is 1.38. The Bertz CT molecular complexity index is 2010. The van der Waals surface area contributed by atoms with Crippen molar-refractivity contribution < 1.29 is 54.1 Å². The van der Waals surface area contributed by atoms with E-state index in [-0.39, 0.29) is 59.7 Å². The van der Waals surface area contributed by atoms with Crippen molar-refractivity contribution in [2.75, 3.05) is 26.9 Å². The average Bonchev–Trinajstić information content (AvgIpc) is 3.73. The molecule has 12 heteroatoms. The maximum Gasteiger partial charge on any atom is 0.254 e. The topological polar surface area (TPSA) is 175 Å². The lowest BCUT2D eigenvalue weighted by Crippen LogP contribution is -2.70. The maximum atomic E-state index is 14.5. The fraction of sp³-hybridized carbons (Fsp3) is 0.421. The van der Waals surface area contributed by atoms with Crippen molar-refractivity contribution in [3.8, 4) is 29.3 Å². The molecule has 0 aromatic heterocycles. The second-order valence-corrected chi connectivity index (χ2v) is 13.6. The van der Waals surface area contributed by atoms with E-state index in [1.807, 2.05) is 12.1 Å². The summed E-state index contributed by atoms with van der Waals surface area (Å²) in [6.45, 7) is -1.83. The lowest BCUT2D eigenvalue weighted by atomic mass is 9.76. The minimum absolute atomic E-state index is 0.0415. The Morgan fingerprint density at radius 3 is 2.76 bits per heavy atom. The molecule has 3 aromatic rings. The number of aromatic hydroxyl groups is 1. The maximum absolute atomic E-state index is 14.5. The summed E-state index contributed by atoms with van der Waals surface area (Å²) in [4.78, 5) is 29.7. The van der Waals surface area contributed by atoms with Gasteiger partial charge in [0, 0.05) is 30.0 Å². The van der Waals surface area contributed by atoms with Gasteiger partial charge in [0.05, 0.1) is 37.8 Å². The number of carbonyl (C=O) groups excluding carboxylic acids is 2. The number of hydrogen-bond acceptors (Lipinski definition) is 11. The minimum Gasteiger partial charge on any atom is -0.506 e. The molecule has 1 saturated carbocycles. The smallest absolute Gasteiger partial charge is 0.254 e. The number of nitrogens with zero attached hydrogens (tertiary/aromatic N) is 1. The van der Waals surface area contributed by atoms with Crippen LogP contribution in [-0.4, -0.2) is 99.2 Å². The number of benzene rings is 3.